The molecule has 1 atom stereocenters. The van der Waals surface area contributed by atoms with Crippen molar-refractivity contribution in [2.75, 3.05) is 0 Å². The molecule has 0 aliphatic rings. The first-order valence-corrected chi connectivity index (χ1v) is 20.8. The van der Waals surface area contributed by atoms with E-state index in [1.165, 1.54) is 33.9 Å². The summed E-state index contributed by atoms with van der Waals surface area (Å²) in [4.78, 5) is 72.6. The van der Waals surface area contributed by atoms with Crippen LogP contribution < -0.4 is 26.8 Å². The van der Waals surface area contributed by atoms with Crippen molar-refractivity contribution in [2.45, 2.75) is 71.4 Å². The van der Waals surface area contributed by atoms with Crippen molar-refractivity contribution in [2.24, 2.45) is 13.0 Å². The number of carbonyl (C=O) groups is 4. The molecule has 1 N–H and O–H groups in total. The lowest BCUT2D eigenvalue weighted by Gasteiger charge is -2.30. The number of aromatic nitrogens is 3. The van der Waals surface area contributed by atoms with Gasteiger partial charge in [-0.05, 0) is 47.6 Å². The van der Waals surface area contributed by atoms with Gasteiger partial charge in [0.05, 0.1) is 25.1 Å². The van der Waals surface area contributed by atoms with Gasteiger partial charge >= 0.3 is 0 Å². The maximum Gasteiger partial charge on any atom is 0.270 e. The number of carbonyl (C=O) groups excluding carboxylic acids is 4. The van der Waals surface area contributed by atoms with Gasteiger partial charge in [-0.25, -0.2) is 4.98 Å². The zero-order chi connectivity index (χ0) is 40.1. The molecule has 0 saturated heterocycles. The van der Waals surface area contributed by atoms with Gasteiger partial charge in [-0.3, -0.25) is 24.0 Å². The van der Waals surface area contributed by atoms with Gasteiger partial charge in [0, 0.05) is 38.1 Å². The maximum atomic E-state index is 14.6. The molecule has 1 amide bonds. The first-order valence-electron chi connectivity index (χ1n) is 19.0. The third kappa shape index (κ3) is 9.47. The molecule has 5 aromatic rings. The molecular formula is C45H48N5O5P. The van der Waals surface area contributed by atoms with Crippen molar-refractivity contribution in [3.8, 4) is 6.07 Å². The average molecular weight is 770 g/mol. The predicted octanol–water partition coefficient (Wildman–Crippen LogP) is 5.32. The summed E-state index contributed by atoms with van der Waals surface area (Å²) in [5, 5.41) is 16.2. The second kappa shape index (κ2) is 19.6. The van der Waals surface area contributed by atoms with E-state index in [0.717, 1.165) is 35.2 Å². The molecular weight excluding hydrogens is 721 g/mol. The summed E-state index contributed by atoms with van der Waals surface area (Å²) in [5.74, 6) is -1.13. The summed E-state index contributed by atoms with van der Waals surface area (Å²) in [7, 11) is 1.65. The Morgan fingerprint density at radius 3 is 1.88 bits per heavy atom. The van der Waals surface area contributed by atoms with E-state index in [0.29, 0.717) is 12.3 Å². The molecule has 288 valence electrons. The van der Waals surface area contributed by atoms with Gasteiger partial charge in [0.25, 0.3) is 11.5 Å². The Labute approximate surface area is 328 Å². The van der Waals surface area contributed by atoms with Crippen LogP contribution in [0.4, 0.5) is 0 Å². The lowest BCUT2D eigenvalue weighted by Crippen LogP contribution is -2.43. The molecule has 11 heteroatoms. The Morgan fingerprint density at radius 1 is 0.804 bits per heavy atom. The maximum absolute atomic E-state index is 14.6. The molecule has 0 aliphatic heterocycles. The van der Waals surface area contributed by atoms with Crippen molar-refractivity contribution in [3.05, 3.63) is 143 Å². The molecule has 3 aromatic carbocycles. The highest BCUT2D eigenvalue weighted by Gasteiger charge is 2.34. The molecule has 0 fully saturated rings. The number of benzene rings is 3. The molecule has 0 unspecified atom stereocenters. The second-order valence-corrected chi connectivity index (χ2v) is 17.2. The minimum Gasteiger partial charge on any atom is -0.341 e. The molecule has 0 saturated carbocycles. The normalized spacial score (nSPS) is 11.8. The van der Waals surface area contributed by atoms with Crippen molar-refractivity contribution in [1.29, 1.82) is 5.26 Å². The second-order valence-electron chi connectivity index (χ2n) is 13.9. The number of nitriles is 1. The number of amides is 1. The molecule has 56 heavy (non-hydrogen) atoms. The van der Waals surface area contributed by atoms with Crippen molar-refractivity contribution >= 4 is 51.4 Å². The average Bonchev–Trinajstić information content (AvgIpc) is 3.66. The van der Waals surface area contributed by atoms with E-state index < -0.39 is 36.0 Å². The predicted molar refractivity (Wildman–Crippen MR) is 222 cm³/mol. The molecule has 0 radical (unpaired) electrons. The van der Waals surface area contributed by atoms with Crippen molar-refractivity contribution in [3.63, 3.8) is 0 Å². The highest BCUT2D eigenvalue weighted by atomic mass is 31.2. The van der Waals surface area contributed by atoms with E-state index in [-0.39, 0.29) is 48.1 Å². The Morgan fingerprint density at radius 2 is 1.38 bits per heavy atom. The summed E-state index contributed by atoms with van der Waals surface area (Å²) < 4.78 is 2.83. The lowest BCUT2D eigenvalue weighted by atomic mass is 9.96. The van der Waals surface area contributed by atoms with Gasteiger partial charge in [-0.2, -0.15) is 5.26 Å². The van der Waals surface area contributed by atoms with Gasteiger partial charge in [-0.1, -0.05) is 124 Å². The quantitative estimate of drug-likeness (QED) is 0.112. The Hall–Kier alpha value is -5.91. The third-order valence-electron chi connectivity index (χ3n) is 10.3. The summed E-state index contributed by atoms with van der Waals surface area (Å²) in [6.45, 7) is 1.08. The fourth-order valence-corrected chi connectivity index (χ4v) is 11.3. The van der Waals surface area contributed by atoms with Crippen LogP contribution in [0, 0.1) is 17.2 Å². The number of aryl methyl sites for hydroxylation is 1. The molecule has 0 aliphatic carbocycles. The molecule has 0 bridgehead atoms. The monoisotopic (exact) mass is 769 g/mol. The molecule has 0 spiro atoms. The number of imidazole rings is 1. The zero-order valence-electron chi connectivity index (χ0n) is 32.1. The summed E-state index contributed by atoms with van der Waals surface area (Å²) >= 11 is 0. The number of hydrogen-bond acceptors (Lipinski definition) is 7. The van der Waals surface area contributed by atoms with Crippen LogP contribution in [-0.2, 0) is 34.4 Å². The topological polar surface area (TPSA) is 144 Å². The number of pyridine rings is 1. The van der Waals surface area contributed by atoms with E-state index in [4.69, 9.17) is 0 Å². The smallest absolute Gasteiger partial charge is 0.270 e. The largest absolute Gasteiger partial charge is 0.341 e. The van der Waals surface area contributed by atoms with Crippen LogP contribution in [0.5, 0.6) is 0 Å². The fourth-order valence-electron chi connectivity index (χ4n) is 7.12. The summed E-state index contributed by atoms with van der Waals surface area (Å²) in [6, 6.07) is 32.9. The molecule has 2 aromatic heterocycles. The van der Waals surface area contributed by atoms with Crippen LogP contribution in [0.15, 0.2) is 127 Å². The number of nitrogens with zero attached hydrogens (tertiary/aromatic N) is 4. The van der Waals surface area contributed by atoms with Crippen LogP contribution in [-0.4, -0.2) is 48.7 Å². The lowest BCUT2D eigenvalue weighted by molar-refractivity contribution is -0.121. The molecule has 5 rings (SSSR count). The summed E-state index contributed by atoms with van der Waals surface area (Å²) in [6.07, 6.45) is 6.76. The Balaban J connectivity index is 1.49. The first kappa shape index (κ1) is 41.3. The standard InChI is InChI=1S/C45H48N5O5P/c1-4-33(5-2)23-24-35(51)31-50-27-15-16-34(45(50)55)28-42(53)39(48-44(54)40-30-47-32-49(40)3)25-26-41(52)43(29-46)56(36-17-9-6-10-18-36,37-19-11-7-12-20-37)38-21-13-8-14-22-38/h6-22,27,30,32-33,39H,4-5,23-26,28,31H2,1-3H3,(H,48,54)/t39-/m0/s1. The van der Waals surface area contributed by atoms with Crippen molar-refractivity contribution < 1.29 is 19.2 Å². The van der Waals surface area contributed by atoms with E-state index in [1.54, 1.807) is 13.1 Å². The third-order valence-corrected chi connectivity index (χ3v) is 14.6. The highest BCUT2D eigenvalue weighted by molar-refractivity contribution is 7.96. The van der Waals surface area contributed by atoms with Crippen LogP contribution in [0.2, 0.25) is 0 Å². The van der Waals surface area contributed by atoms with Crippen LogP contribution >= 0.6 is 6.89 Å². The highest BCUT2D eigenvalue weighted by Crippen LogP contribution is 2.46. The summed E-state index contributed by atoms with van der Waals surface area (Å²) in [5.41, 5.74) is -0.0924. The van der Waals surface area contributed by atoms with Crippen LogP contribution in [0.3, 0.4) is 0 Å². The van der Waals surface area contributed by atoms with Gasteiger partial charge in [0.2, 0.25) is 0 Å². The van der Waals surface area contributed by atoms with Gasteiger partial charge < -0.3 is 14.5 Å². The molecule has 2 heterocycles. The number of Topliss-reactive ketones (excluding diaryl/α,β-unsaturated/α-hetero) is 3. The number of nitrogens with one attached hydrogen (secondary N) is 1. The van der Waals surface area contributed by atoms with Gasteiger partial charge in [-0.15, -0.1) is 0 Å². The van der Waals surface area contributed by atoms with E-state index in [2.05, 4.69) is 30.2 Å². The minimum atomic E-state index is -3.02. The fraction of sp³-hybridized carbons (Fsp3) is 0.289. The number of rotatable bonds is 19. The van der Waals surface area contributed by atoms with Gasteiger partial charge in [0.15, 0.2) is 17.3 Å². The SMILES string of the molecule is CCC(CC)CCC(=O)Cn1cccc(CC(=O)[C@H](CCC(=O)C(C#N)=P(c2ccccc2)(c2ccccc2)c2ccccc2)NC(=O)c2cncn2C)c1=O. The van der Waals surface area contributed by atoms with Crippen LogP contribution in [0.25, 0.3) is 0 Å². The number of hydrogen-bond donors (Lipinski definition) is 1. The Kier molecular flexibility index (Phi) is 14.4. The number of ketones is 3. The molecule has 10 nitrogen and oxygen atoms in total. The van der Waals surface area contributed by atoms with Crippen molar-refractivity contribution in [1.82, 2.24) is 19.4 Å². The Bertz CT molecular complexity index is 2200. The van der Waals surface area contributed by atoms with Gasteiger partial charge in [0.1, 0.15) is 17.1 Å². The van der Waals surface area contributed by atoms with E-state index in [1.807, 2.05) is 91.0 Å². The van der Waals surface area contributed by atoms with Crippen LogP contribution in [0.1, 0.15) is 68.4 Å². The zero-order valence-corrected chi connectivity index (χ0v) is 33.0. The van der Waals surface area contributed by atoms with E-state index >= 15 is 0 Å². The van der Waals surface area contributed by atoms with E-state index in [9.17, 15) is 29.2 Å². The minimum absolute atomic E-state index is 0.0627. The first-order chi connectivity index (χ1) is 27.1.